The smallest absolute Gasteiger partial charge is 0.0166 e. The summed E-state index contributed by atoms with van der Waals surface area (Å²) in [6.07, 6.45) is 15.4. The molecule has 1 fully saturated rings. The van der Waals surface area contributed by atoms with Gasteiger partial charge in [-0.1, -0.05) is 23.8 Å². The van der Waals surface area contributed by atoms with Crippen LogP contribution in [-0.4, -0.2) is 0 Å². The third-order valence-corrected chi connectivity index (χ3v) is 2.86. The second-order valence-corrected chi connectivity index (χ2v) is 3.72. The monoisotopic (exact) mass is 148 g/mol. The first-order valence-corrected chi connectivity index (χ1v) is 4.80. The molecule has 11 heavy (non-hydrogen) atoms. The van der Waals surface area contributed by atoms with Crippen molar-refractivity contribution in [1.82, 2.24) is 0 Å². The average molecular weight is 148 g/mol. The van der Waals surface area contributed by atoms with Crippen LogP contribution < -0.4 is 0 Å². The largest absolute Gasteiger partial charge is 0.0851 e. The van der Waals surface area contributed by atoms with E-state index >= 15 is 0 Å². The third-order valence-electron chi connectivity index (χ3n) is 2.86. The number of allylic oxidation sites excluding steroid dienone is 4. The van der Waals surface area contributed by atoms with Gasteiger partial charge in [0.2, 0.25) is 0 Å². The first-order chi connectivity index (χ1) is 5.45. The summed E-state index contributed by atoms with van der Waals surface area (Å²) in [5.74, 6) is 0.904. The van der Waals surface area contributed by atoms with Crippen LogP contribution in [0.1, 0.15) is 38.5 Å². The van der Waals surface area contributed by atoms with E-state index in [1.165, 1.54) is 38.5 Å². The van der Waals surface area contributed by atoms with Crippen molar-refractivity contribution in [3.05, 3.63) is 23.8 Å². The molecule has 0 N–H and O–H groups in total. The molecule has 1 atom stereocenters. The first kappa shape index (κ1) is 7.15. The van der Waals surface area contributed by atoms with Gasteiger partial charge < -0.3 is 0 Å². The molecule has 0 amide bonds. The van der Waals surface area contributed by atoms with Crippen LogP contribution in [-0.2, 0) is 0 Å². The molecule has 0 saturated heterocycles. The molecule has 0 aromatic heterocycles. The van der Waals surface area contributed by atoms with Crippen molar-refractivity contribution >= 4 is 0 Å². The maximum absolute atomic E-state index is 2.43. The Morgan fingerprint density at radius 3 is 3.18 bits per heavy atom. The van der Waals surface area contributed by atoms with Crippen molar-refractivity contribution in [2.45, 2.75) is 38.5 Å². The highest BCUT2D eigenvalue weighted by molar-refractivity contribution is 5.10. The minimum absolute atomic E-state index is 0.904. The maximum atomic E-state index is 2.43. The lowest BCUT2D eigenvalue weighted by Gasteiger charge is -2.08. The average Bonchev–Trinajstić information content (AvgIpc) is 2.11. The standard InChI is InChI=1S/C11H16/c1-2-5-11-7-3-6-10(4-1)8-9-11/h1,4-5,10H,2-3,6-9H2/b4-1-,11-5+. The van der Waals surface area contributed by atoms with Crippen molar-refractivity contribution in [2.24, 2.45) is 5.92 Å². The van der Waals surface area contributed by atoms with Gasteiger partial charge in [-0.2, -0.15) is 0 Å². The van der Waals surface area contributed by atoms with Crippen molar-refractivity contribution in [1.29, 1.82) is 0 Å². The van der Waals surface area contributed by atoms with E-state index in [1.807, 2.05) is 0 Å². The summed E-state index contributed by atoms with van der Waals surface area (Å²) < 4.78 is 0. The van der Waals surface area contributed by atoms with Crippen molar-refractivity contribution in [3.63, 3.8) is 0 Å². The van der Waals surface area contributed by atoms with E-state index in [2.05, 4.69) is 18.2 Å². The topological polar surface area (TPSA) is 0 Å². The van der Waals surface area contributed by atoms with Crippen molar-refractivity contribution in [3.8, 4) is 0 Å². The summed E-state index contributed by atoms with van der Waals surface area (Å²) in [5, 5.41) is 0. The molecular formula is C11H16. The Kier molecular flexibility index (Phi) is 2.11. The molecule has 1 unspecified atom stereocenters. The highest BCUT2D eigenvalue weighted by atomic mass is 14.2. The SMILES string of the molecule is C1=C\C2CCC/C(=C\C/1)CC2. The van der Waals surface area contributed by atoms with Crippen LogP contribution in [0.3, 0.4) is 0 Å². The van der Waals surface area contributed by atoms with E-state index in [0.29, 0.717) is 0 Å². The highest BCUT2D eigenvalue weighted by Crippen LogP contribution is 2.29. The summed E-state index contributed by atoms with van der Waals surface area (Å²) in [6.45, 7) is 0. The van der Waals surface area contributed by atoms with Gasteiger partial charge in [0.1, 0.15) is 0 Å². The van der Waals surface area contributed by atoms with Gasteiger partial charge in [-0.15, -0.1) is 0 Å². The van der Waals surface area contributed by atoms with E-state index in [0.717, 1.165) is 5.92 Å². The van der Waals surface area contributed by atoms with E-state index < -0.39 is 0 Å². The van der Waals surface area contributed by atoms with Crippen LogP contribution in [0.25, 0.3) is 0 Å². The van der Waals surface area contributed by atoms with E-state index in [1.54, 1.807) is 5.57 Å². The Labute approximate surface area is 69.0 Å². The maximum Gasteiger partial charge on any atom is -0.0166 e. The molecule has 2 aliphatic carbocycles. The fraction of sp³-hybridized carbons (Fsp3) is 0.636. The normalized spacial score (nSPS) is 38.2. The molecule has 60 valence electrons. The minimum atomic E-state index is 0.904. The van der Waals surface area contributed by atoms with Crippen molar-refractivity contribution in [2.75, 3.05) is 0 Å². The number of hydrogen-bond acceptors (Lipinski definition) is 0. The first-order valence-electron chi connectivity index (χ1n) is 4.80. The van der Waals surface area contributed by atoms with Crippen LogP contribution in [0.4, 0.5) is 0 Å². The fourth-order valence-electron chi connectivity index (χ4n) is 2.13. The zero-order chi connectivity index (χ0) is 7.52. The van der Waals surface area contributed by atoms with Gasteiger partial charge in [0, 0.05) is 0 Å². The predicted octanol–water partition coefficient (Wildman–Crippen LogP) is 3.45. The van der Waals surface area contributed by atoms with Crippen LogP contribution in [0.2, 0.25) is 0 Å². The van der Waals surface area contributed by atoms with Gasteiger partial charge in [0.15, 0.2) is 0 Å². The number of rotatable bonds is 0. The van der Waals surface area contributed by atoms with Crippen LogP contribution in [0, 0.1) is 5.92 Å². The van der Waals surface area contributed by atoms with Gasteiger partial charge in [-0.3, -0.25) is 0 Å². The molecule has 0 aromatic rings. The number of fused-ring (bicyclic) bond motifs is 3. The molecule has 2 bridgehead atoms. The minimum Gasteiger partial charge on any atom is -0.0851 e. The quantitative estimate of drug-likeness (QED) is 0.461. The summed E-state index contributed by atoms with van der Waals surface area (Å²) >= 11 is 0. The third kappa shape index (κ3) is 1.74. The number of hydrogen-bond donors (Lipinski definition) is 0. The fourth-order valence-corrected chi connectivity index (χ4v) is 2.13. The molecule has 0 aliphatic heterocycles. The Morgan fingerprint density at radius 2 is 2.18 bits per heavy atom. The van der Waals surface area contributed by atoms with Crippen LogP contribution >= 0.6 is 0 Å². The Hall–Kier alpha value is -0.520. The molecule has 0 nitrogen and oxygen atoms in total. The van der Waals surface area contributed by atoms with Crippen LogP contribution in [0.5, 0.6) is 0 Å². The summed E-state index contributed by atoms with van der Waals surface area (Å²) in [5.41, 5.74) is 1.72. The summed E-state index contributed by atoms with van der Waals surface area (Å²) in [6, 6.07) is 0. The lowest BCUT2D eigenvalue weighted by atomic mass is 9.97. The molecule has 0 aromatic carbocycles. The zero-order valence-electron chi connectivity index (χ0n) is 7.05. The molecule has 0 heterocycles. The Bertz CT molecular complexity index is 186. The van der Waals surface area contributed by atoms with E-state index in [9.17, 15) is 0 Å². The van der Waals surface area contributed by atoms with Gasteiger partial charge in [-0.25, -0.2) is 0 Å². The van der Waals surface area contributed by atoms with Crippen LogP contribution in [0.15, 0.2) is 23.8 Å². The van der Waals surface area contributed by atoms with Gasteiger partial charge in [0.05, 0.1) is 0 Å². The molecule has 1 saturated carbocycles. The Balaban J connectivity index is 2.17. The van der Waals surface area contributed by atoms with E-state index in [-0.39, 0.29) is 0 Å². The molecule has 2 aliphatic rings. The summed E-state index contributed by atoms with van der Waals surface area (Å²) in [7, 11) is 0. The van der Waals surface area contributed by atoms with Gasteiger partial charge >= 0.3 is 0 Å². The summed E-state index contributed by atoms with van der Waals surface area (Å²) in [4.78, 5) is 0. The second kappa shape index (κ2) is 3.25. The molecule has 0 spiro atoms. The molecule has 0 heteroatoms. The van der Waals surface area contributed by atoms with Gasteiger partial charge in [-0.05, 0) is 44.4 Å². The van der Waals surface area contributed by atoms with Gasteiger partial charge in [0.25, 0.3) is 0 Å². The zero-order valence-corrected chi connectivity index (χ0v) is 7.05. The Morgan fingerprint density at radius 1 is 1.18 bits per heavy atom. The molecule has 2 rings (SSSR count). The molecule has 0 radical (unpaired) electrons. The second-order valence-electron chi connectivity index (χ2n) is 3.72. The lowest BCUT2D eigenvalue weighted by molar-refractivity contribution is 0.560. The lowest BCUT2D eigenvalue weighted by Crippen LogP contribution is -1.94. The van der Waals surface area contributed by atoms with Crippen molar-refractivity contribution < 1.29 is 0 Å². The molecular weight excluding hydrogens is 132 g/mol. The van der Waals surface area contributed by atoms with E-state index in [4.69, 9.17) is 0 Å². The predicted molar refractivity (Wildman–Crippen MR) is 48.4 cm³/mol. The highest BCUT2D eigenvalue weighted by Gasteiger charge is 2.12.